The molecule has 1 atom stereocenters. The first-order valence-corrected chi connectivity index (χ1v) is 6.97. The van der Waals surface area contributed by atoms with Gasteiger partial charge in [0.05, 0.1) is 19.3 Å². The van der Waals surface area contributed by atoms with E-state index in [1.165, 1.54) is 7.11 Å². The van der Waals surface area contributed by atoms with E-state index in [-0.39, 0.29) is 0 Å². The Morgan fingerprint density at radius 1 is 1.55 bits per heavy atom. The molecule has 1 aromatic carbocycles. The van der Waals surface area contributed by atoms with Gasteiger partial charge in [-0.1, -0.05) is 19.1 Å². The number of nitrogens with one attached hydrogen (secondary N) is 1. The number of hydrogen-bond acceptors (Lipinski definition) is 4. The number of ether oxygens (including phenoxy) is 2. The summed E-state index contributed by atoms with van der Waals surface area (Å²) in [5.41, 5.74) is 0.862. The summed E-state index contributed by atoms with van der Waals surface area (Å²) in [4.78, 5) is 13.6. The van der Waals surface area contributed by atoms with Crippen LogP contribution in [0.15, 0.2) is 24.3 Å². The molecule has 20 heavy (non-hydrogen) atoms. The van der Waals surface area contributed by atoms with Crippen LogP contribution < -0.4 is 15.0 Å². The van der Waals surface area contributed by atoms with Crippen LogP contribution in [0.5, 0.6) is 5.75 Å². The zero-order chi connectivity index (χ0) is 14.5. The van der Waals surface area contributed by atoms with Gasteiger partial charge in [-0.15, -0.1) is 0 Å². The van der Waals surface area contributed by atoms with Crippen molar-refractivity contribution < 1.29 is 14.3 Å². The number of nitrogens with zero attached hydrogens (tertiary/aromatic N) is 1. The van der Waals surface area contributed by atoms with Gasteiger partial charge in [0.2, 0.25) is 6.10 Å². The summed E-state index contributed by atoms with van der Waals surface area (Å²) in [6.45, 7) is 3.21. The number of carbonyl (C=O) groups excluding carboxylic acids is 1. The van der Waals surface area contributed by atoms with Gasteiger partial charge in [0, 0.05) is 6.54 Å². The van der Waals surface area contributed by atoms with E-state index in [2.05, 4.69) is 12.2 Å². The van der Waals surface area contributed by atoms with Gasteiger partial charge in [-0.2, -0.15) is 0 Å². The molecule has 1 aliphatic heterocycles. The normalized spacial score (nSPS) is 16.9. The van der Waals surface area contributed by atoms with Crippen LogP contribution in [0.2, 0.25) is 0 Å². The van der Waals surface area contributed by atoms with Crippen molar-refractivity contribution in [3.8, 4) is 5.75 Å². The first-order chi connectivity index (χ1) is 9.67. The molecule has 0 spiro atoms. The third-order valence-electron chi connectivity index (χ3n) is 3.01. The number of benzene rings is 1. The van der Waals surface area contributed by atoms with Gasteiger partial charge in [-0.25, -0.2) is 4.79 Å². The predicted octanol–water partition coefficient (Wildman–Crippen LogP) is 1.71. The number of hydrogen-bond donors (Lipinski definition) is 1. The fourth-order valence-corrected chi connectivity index (χ4v) is 2.28. The van der Waals surface area contributed by atoms with Gasteiger partial charge >= 0.3 is 5.97 Å². The SMILES string of the molecule is CCCNC(=S)N1C[C@@H](C(=O)OC)Oc2ccccc21. The Kier molecular flexibility index (Phi) is 4.79. The van der Waals surface area contributed by atoms with Crippen LogP contribution in [-0.4, -0.2) is 37.4 Å². The van der Waals surface area contributed by atoms with E-state index in [1.54, 1.807) is 0 Å². The second kappa shape index (κ2) is 6.56. The maximum atomic E-state index is 11.7. The van der Waals surface area contributed by atoms with E-state index >= 15 is 0 Å². The van der Waals surface area contributed by atoms with Gasteiger partial charge in [-0.3, -0.25) is 0 Å². The summed E-state index contributed by atoms with van der Waals surface area (Å²) in [6.07, 6.45) is 0.309. The Labute approximate surface area is 123 Å². The number of thiocarbonyl (C=S) groups is 1. The van der Waals surface area contributed by atoms with Crippen LogP contribution in [0.3, 0.4) is 0 Å². The first kappa shape index (κ1) is 14.6. The predicted molar refractivity (Wildman–Crippen MR) is 81.1 cm³/mol. The summed E-state index contributed by atoms with van der Waals surface area (Å²) >= 11 is 5.40. The zero-order valence-electron chi connectivity index (χ0n) is 11.6. The highest BCUT2D eigenvalue weighted by Crippen LogP contribution is 2.33. The highest BCUT2D eigenvalue weighted by molar-refractivity contribution is 7.80. The summed E-state index contributed by atoms with van der Waals surface area (Å²) in [5, 5.41) is 3.76. The van der Waals surface area contributed by atoms with Gasteiger partial charge in [0.25, 0.3) is 0 Å². The zero-order valence-corrected chi connectivity index (χ0v) is 12.4. The quantitative estimate of drug-likeness (QED) is 0.676. The molecule has 0 aromatic heterocycles. The standard InChI is InChI=1S/C14H18N2O3S/c1-3-8-15-14(20)16-9-12(13(17)18-2)19-11-7-5-4-6-10(11)16/h4-7,12H,3,8-9H2,1-2H3,(H,15,20)/t12-/m0/s1. The van der Waals surface area contributed by atoms with Crippen molar-refractivity contribution in [1.29, 1.82) is 0 Å². The minimum absolute atomic E-state index is 0.346. The number of rotatable bonds is 3. The van der Waals surface area contributed by atoms with Crippen LogP contribution in [0, 0.1) is 0 Å². The first-order valence-electron chi connectivity index (χ1n) is 6.56. The molecule has 0 unspecified atom stereocenters. The van der Waals surface area contributed by atoms with Crippen molar-refractivity contribution in [1.82, 2.24) is 5.32 Å². The fraction of sp³-hybridized carbons (Fsp3) is 0.429. The largest absolute Gasteiger partial charge is 0.475 e. The average Bonchev–Trinajstić information content (AvgIpc) is 2.50. The third-order valence-corrected chi connectivity index (χ3v) is 3.37. The second-order valence-corrected chi connectivity index (χ2v) is 4.83. The van der Waals surface area contributed by atoms with Gasteiger partial charge in [0.15, 0.2) is 5.11 Å². The molecule has 0 radical (unpaired) electrons. The summed E-state index contributed by atoms with van der Waals surface area (Å²) < 4.78 is 10.4. The maximum Gasteiger partial charge on any atom is 0.348 e. The average molecular weight is 294 g/mol. The molecule has 5 nitrogen and oxygen atoms in total. The van der Waals surface area contributed by atoms with E-state index in [4.69, 9.17) is 21.7 Å². The molecule has 1 N–H and O–H groups in total. The van der Waals surface area contributed by atoms with Crippen LogP contribution in [0.25, 0.3) is 0 Å². The molecule has 2 rings (SSSR count). The fourth-order valence-electron chi connectivity index (χ4n) is 2.01. The third kappa shape index (κ3) is 3.01. The van der Waals surface area contributed by atoms with Crippen molar-refractivity contribution in [3.63, 3.8) is 0 Å². The van der Waals surface area contributed by atoms with Crippen LogP contribution in [0.4, 0.5) is 5.69 Å². The molecule has 0 saturated heterocycles. The minimum Gasteiger partial charge on any atom is -0.475 e. The van der Waals surface area contributed by atoms with E-state index in [0.29, 0.717) is 17.4 Å². The Morgan fingerprint density at radius 2 is 2.30 bits per heavy atom. The molecule has 1 aliphatic rings. The highest BCUT2D eigenvalue weighted by Gasteiger charge is 2.32. The summed E-state index contributed by atoms with van der Waals surface area (Å²) in [7, 11) is 1.35. The Hall–Kier alpha value is -1.82. The monoisotopic (exact) mass is 294 g/mol. The van der Waals surface area contributed by atoms with Crippen molar-refractivity contribution in [2.45, 2.75) is 19.4 Å². The molecule has 0 amide bonds. The number of esters is 1. The van der Waals surface area contributed by atoms with E-state index in [9.17, 15) is 4.79 Å². The second-order valence-electron chi connectivity index (χ2n) is 4.44. The molecule has 6 heteroatoms. The number of anilines is 1. The Balaban J connectivity index is 2.25. The van der Waals surface area contributed by atoms with Crippen LogP contribution in [0.1, 0.15) is 13.3 Å². The van der Waals surface area contributed by atoms with E-state index in [0.717, 1.165) is 18.7 Å². The summed E-state index contributed by atoms with van der Waals surface area (Å²) in [5.74, 6) is 0.234. The molecule has 1 aromatic rings. The Morgan fingerprint density at radius 3 is 3.00 bits per heavy atom. The molecule has 0 saturated carbocycles. The van der Waals surface area contributed by atoms with Crippen LogP contribution >= 0.6 is 12.2 Å². The van der Waals surface area contributed by atoms with E-state index in [1.807, 2.05) is 29.2 Å². The number of para-hydroxylation sites is 2. The molecular formula is C14H18N2O3S. The van der Waals surface area contributed by atoms with E-state index < -0.39 is 12.1 Å². The molecule has 0 bridgehead atoms. The van der Waals surface area contributed by atoms with Gasteiger partial charge in [0.1, 0.15) is 5.75 Å². The van der Waals surface area contributed by atoms with Gasteiger partial charge in [-0.05, 0) is 30.8 Å². The summed E-state index contributed by atoms with van der Waals surface area (Å²) in [6, 6.07) is 7.51. The molecule has 0 aliphatic carbocycles. The minimum atomic E-state index is -0.670. The van der Waals surface area contributed by atoms with Crippen molar-refractivity contribution in [3.05, 3.63) is 24.3 Å². The van der Waals surface area contributed by atoms with Crippen molar-refractivity contribution >= 4 is 29.0 Å². The van der Waals surface area contributed by atoms with Crippen molar-refractivity contribution in [2.75, 3.05) is 25.1 Å². The lowest BCUT2D eigenvalue weighted by Gasteiger charge is -2.35. The van der Waals surface area contributed by atoms with Crippen molar-refractivity contribution in [2.24, 2.45) is 0 Å². The number of methoxy groups -OCH3 is 1. The topological polar surface area (TPSA) is 50.8 Å². The van der Waals surface area contributed by atoms with Gasteiger partial charge < -0.3 is 19.7 Å². The number of carbonyl (C=O) groups is 1. The molecule has 1 heterocycles. The highest BCUT2D eigenvalue weighted by atomic mass is 32.1. The lowest BCUT2D eigenvalue weighted by Crippen LogP contribution is -2.50. The molecule has 108 valence electrons. The smallest absolute Gasteiger partial charge is 0.348 e. The number of fused-ring (bicyclic) bond motifs is 1. The van der Waals surface area contributed by atoms with Crippen LogP contribution in [-0.2, 0) is 9.53 Å². The lowest BCUT2D eigenvalue weighted by atomic mass is 10.2. The maximum absolute atomic E-state index is 11.7. The lowest BCUT2D eigenvalue weighted by molar-refractivity contribution is -0.148. The Bertz CT molecular complexity index is 507. The molecular weight excluding hydrogens is 276 g/mol. The molecule has 0 fully saturated rings.